The van der Waals surface area contributed by atoms with Gasteiger partial charge in [-0.1, -0.05) is 15.8 Å². The van der Waals surface area contributed by atoms with E-state index in [1.165, 1.54) is 6.92 Å². The molecule has 2 aromatic rings. The summed E-state index contributed by atoms with van der Waals surface area (Å²) in [5.74, 6) is -1.30. The number of rotatable bonds is 5. The molecule has 0 aromatic carbocycles. The van der Waals surface area contributed by atoms with Gasteiger partial charge in [-0.2, -0.15) is 0 Å². The van der Waals surface area contributed by atoms with E-state index >= 15 is 0 Å². The van der Waals surface area contributed by atoms with Crippen LogP contribution >= 0.6 is 22.9 Å². The van der Waals surface area contributed by atoms with Crippen LogP contribution in [0.25, 0.3) is 0 Å². The zero-order chi connectivity index (χ0) is 16.3. The van der Waals surface area contributed by atoms with Crippen LogP contribution in [0.1, 0.15) is 37.7 Å². The Morgan fingerprint density at radius 2 is 1.91 bits per heavy atom. The van der Waals surface area contributed by atoms with Crippen LogP contribution < -0.4 is 5.32 Å². The summed E-state index contributed by atoms with van der Waals surface area (Å²) in [5, 5.41) is 6.46. The Morgan fingerprint density at radius 3 is 2.45 bits per heavy atom. The Labute approximate surface area is 133 Å². The molecule has 0 saturated carbocycles. The highest BCUT2D eigenvalue weighted by Crippen LogP contribution is 2.22. The fraction of sp³-hybridized carbons (Fsp3) is 0.333. The van der Waals surface area contributed by atoms with E-state index in [4.69, 9.17) is 4.74 Å². The van der Waals surface area contributed by atoms with Gasteiger partial charge >= 0.3 is 5.97 Å². The molecule has 2 aromatic heterocycles. The average Bonchev–Trinajstić information content (AvgIpc) is 3.02. The lowest BCUT2D eigenvalue weighted by Gasteiger charge is -2.03. The summed E-state index contributed by atoms with van der Waals surface area (Å²) in [6.07, 6.45) is 0. The number of hydrogen-bond acceptors (Lipinski definition) is 9. The number of hydrogen-bond donors (Lipinski definition) is 1. The lowest BCUT2D eigenvalue weighted by molar-refractivity contribution is -0.119. The number of nitrogens with one attached hydrogen (secondary N) is 1. The number of aryl methyl sites for hydroxylation is 2. The molecule has 10 heteroatoms. The second-order valence-corrected chi connectivity index (χ2v) is 6.05. The van der Waals surface area contributed by atoms with Gasteiger partial charge in [0, 0.05) is 6.92 Å². The predicted octanol–water partition coefficient (Wildman–Crippen LogP) is 1.61. The highest BCUT2D eigenvalue weighted by molar-refractivity contribution is 7.17. The van der Waals surface area contributed by atoms with Gasteiger partial charge in [0.05, 0.1) is 16.3 Å². The van der Waals surface area contributed by atoms with Gasteiger partial charge in [-0.3, -0.25) is 14.9 Å². The Morgan fingerprint density at radius 1 is 1.18 bits per heavy atom. The smallest absolute Gasteiger partial charge is 0.352 e. The lowest BCUT2D eigenvalue weighted by Crippen LogP contribution is -2.20. The molecule has 8 nitrogen and oxygen atoms in total. The second kappa shape index (κ2) is 6.71. The molecule has 2 heterocycles. The monoisotopic (exact) mass is 340 g/mol. The number of aromatic nitrogens is 3. The van der Waals surface area contributed by atoms with Gasteiger partial charge in [-0.25, -0.2) is 9.78 Å². The quantitative estimate of drug-likeness (QED) is 0.650. The summed E-state index contributed by atoms with van der Waals surface area (Å²) in [5.41, 5.74) is 1.01. The second-order valence-electron chi connectivity index (χ2n) is 4.30. The standard InChI is InChI=1S/C12H12N4O4S2/c1-5-9(7(3)17)21-12(13-5)14-8(18)4-20-11(19)10-6(2)15-16-22-10/h4H2,1-3H3,(H,13,14,18). The predicted molar refractivity (Wildman–Crippen MR) is 80.4 cm³/mol. The first-order chi connectivity index (χ1) is 10.4. The fourth-order valence-corrected chi connectivity index (χ4v) is 2.98. The van der Waals surface area contributed by atoms with E-state index in [9.17, 15) is 14.4 Å². The molecular weight excluding hydrogens is 328 g/mol. The third-order valence-corrected chi connectivity index (χ3v) is 4.52. The highest BCUT2D eigenvalue weighted by atomic mass is 32.1. The number of carbonyl (C=O) groups is 3. The van der Waals surface area contributed by atoms with E-state index in [0.29, 0.717) is 21.4 Å². The van der Waals surface area contributed by atoms with E-state index in [1.807, 2.05) is 0 Å². The van der Waals surface area contributed by atoms with Crippen molar-refractivity contribution in [2.24, 2.45) is 0 Å². The summed E-state index contributed by atoms with van der Waals surface area (Å²) in [6.45, 7) is 4.29. The van der Waals surface area contributed by atoms with E-state index in [-0.39, 0.29) is 10.7 Å². The Balaban J connectivity index is 1.91. The zero-order valence-corrected chi connectivity index (χ0v) is 13.6. The van der Waals surface area contributed by atoms with E-state index in [0.717, 1.165) is 22.9 Å². The number of nitrogens with zero attached hydrogens (tertiary/aromatic N) is 3. The number of ether oxygens (including phenoxy) is 1. The Hall–Kier alpha value is -2.20. The van der Waals surface area contributed by atoms with Crippen molar-refractivity contribution < 1.29 is 19.1 Å². The van der Waals surface area contributed by atoms with E-state index < -0.39 is 18.5 Å². The van der Waals surface area contributed by atoms with Crippen molar-refractivity contribution in [3.8, 4) is 0 Å². The number of amides is 1. The van der Waals surface area contributed by atoms with Crippen LogP contribution in [0.3, 0.4) is 0 Å². The number of esters is 1. The molecule has 22 heavy (non-hydrogen) atoms. The van der Waals surface area contributed by atoms with Gasteiger partial charge in [0.1, 0.15) is 0 Å². The average molecular weight is 340 g/mol. The van der Waals surface area contributed by atoms with Crippen molar-refractivity contribution in [2.45, 2.75) is 20.8 Å². The maximum Gasteiger partial charge on any atom is 0.352 e. The molecule has 2 rings (SSSR count). The molecule has 1 N–H and O–H groups in total. The first-order valence-corrected chi connectivity index (χ1v) is 7.71. The van der Waals surface area contributed by atoms with E-state index in [1.54, 1.807) is 13.8 Å². The summed E-state index contributed by atoms with van der Waals surface area (Å²) < 4.78 is 8.49. The maximum atomic E-state index is 11.7. The minimum Gasteiger partial charge on any atom is -0.451 e. The van der Waals surface area contributed by atoms with Crippen molar-refractivity contribution >= 4 is 45.7 Å². The Bertz CT molecular complexity index is 737. The minimum atomic E-state index is -0.651. The molecule has 0 spiro atoms. The molecule has 116 valence electrons. The number of Topliss-reactive ketones (excluding diaryl/α,β-unsaturated/α-hetero) is 1. The van der Waals surface area contributed by atoms with Gasteiger partial charge < -0.3 is 4.74 Å². The first kappa shape index (κ1) is 16.2. The minimum absolute atomic E-state index is 0.116. The van der Waals surface area contributed by atoms with Gasteiger partial charge in [0.25, 0.3) is 5.91 Å². The molecule has 0 saturated heterocycles. The molecular formula is C12H12N4O4S2. The number of carbonyl (C=O) groups excluding carboxylic acids is 3. The topological polar surface area (TPSA) is 111 Å². The van der Waals surface area contributed by atoms with Crippen molar-refractivity contribution in [1.82, 2.24) is 14.6 Å². The molecule has 0 radical (unpaired) electrons. The molecule has 0 atom stereocenters. The van der Waals surface area contributed by atoms with Gasteiger partial charge in [-0.15, -0.1) is 5.10 Å². The van der Waals surface area contributed by atoms with Crippen molar-refractivity contribution in [3.63, 3.8) is 0 Å². The zero-order valence-electron chi connectivity index (χ0n) is 12.0. The number of ketones is 1. The molecule has 0 unspecified atom stereocenters. The molecule has 0 fully saturated rings. The van der Waals surface area contributed by atoms with Gasteiger partial charge in [0.2, 0.25) is 0 Å². The molecule has 1 amide bonds. The third-order valence-electron chi connectivity index (χ3n) is 2.53. The maximum absolute atomic E-state index is 11.7. The lowest BCUT2D eigenvalue weighted by atomic mass is 10.3. The summed E-state index contributed by atoms with van der Waals surface area (Å²) in [7, 11) is 0. The summed E-state index contributed by atoms with van der Waals surface area (Å²) >= 11 is 1.99. The van der Waals surface area contributed by atoms with Crippen molar-refractivity contribution in [1.29, 1.82) is 0 Å². The molecule has 0 aliphatic rings. The van der Waals surface area contributed by atoms with Crippen LogP contribution in [0.5, 0.6) is 0 Å². The first-order valence-electron chi connectivity index (χ1n) is 6.12. The number of anilines is 1. The summed E-state index contributed by atoms with van der Waals surface area (Å²) in [4.78, 5) is 39.6. The molecule has 0 aliphatic carbocycles. The van der Waals surface area contributed by atoms with Crippen LogP contribution in [0.2, 0.25) is 0 Å². The number of thiazole rings is 1. The largest absolute Gasteiger partial charge is 0.451 e. The van der Waals surface area contributed by atoms with Crippen molar-refractivity contribution in [2.75, 3.05) is 11.9 Å². The SMILES string of the molecule is CC(=O)c1sc(NC(=O)COC(=O)c2snnc2C)nc1C. The van der Waals surface area contributed by atoms with Crippen LogP contribution in [0.4, 0.5) is 5.13 Å². The molecule has 0 aliphatic heterocycles. The van der Waals surface area contributed by atoms with Crippen LogP contribution in [0.15, 0.2) is 0 Å². The van der Waals surface area contributed by atoms with Crippen LogP contribution in [-0.4, -0.2) is 38.8 Å². The Kier molecular flexibility index (Phi) is 4.93. The van der Waals surface area contributed by atoms with Crippen LogP contribution in [-0.2, 0) is 9.53 Å². The highest BCUT2D eigenvalue weighted by Gasteiger charge is 2.17. The van der Waals surface area contributed by atoms with Gasteiger partial charge in [0.15, 0.2) is 22.4 Å². The normalized spacial score (nSPS) is 10.3. The molecule has 0 bridgehead atoms. The van der Waals surface area contributed by atoms with Gasteiger partial charge in [-0.05, 0) is 25.4 Å². The summed E-state index contributed by atoms with van der Waals surface area (Å²) in [6, 6.07) is 0. The van der Waals surface area contributed by atoms with Crippen LogP contribution in [0, 0.1) is 13.8 Å². The fourth-order valence-electron chi connectivity index (χ4n) is 1.55. The van der Waals surface area contributed by atoms with Crippen molar-refractivity contribution in [3.05, 3.63) is 21.1 Å². The van der Waals surface area contributed by atoms with E-state index in [2.05, 4.69) is 19.9 Å². The third kappa shape index (κ3) is 3.71.